The van der Waals surface area contributed by atoms with Crippen molar-refractivity contribution in [2.24, 2.45) is 0 Å². The van der Waals surface area contributed by atoms with Crippen LogP contribution in [0, 0.1) is 0 Å². The number of benzene rings is 1. The van der Waals surface area contributed by atoms with E-state index in [0.717, 1.165) is 12.5 Å². The van der Waals surface area contributed by atoms with E-state index < -0.39 is 11.7 Å². The van der Waals surface area contributed by atoms with E-state index in [1.54, 1.807) is 13.2 Å². The molecule has 0 amide bonds. The number of rotatable bonds is 6. The molecule has 3 unspecified atom stereocenters. The molecule has 0 spiro atoms. The van der Waals surface area contributed by atoms with Gasteiger partial charge in [0, 0.05) is 26.3 Å². The highest BCUT2D eigenvalue weighted by Gasteiger charge is 2.41. The van der Waals surface area contributed by atoms with Crippen molar-refractivity contribution >= 4 is 0 Å². The van der Waals surface area contributed by atoms with Gasteiger partial charge in [-0.2, -0.15) is 13.2 Å². The fourth-order valence-corrected chi connectivity index (χ4v) is 2.58. The Hall–Kier alpha value is -1.11. The minimum absolute atomic E-state index is 0.0456. The number of hydrogen-bond donors (Lipinski definition) is 1. The van der Waals surface area contributed by atoms with Crippen molar-refractivity contribution < 1.29 is 22.6 Å². The van der Waals surface area contributed by atoms with Crippen LogP contribution in [-0.4, -0.2) is 32.0 Å². The van der Waals surface area contributed by atoms with Gasteiger partial charge in [-0.1, -0.05) is 18.2 Å². The summed E-state index contributed by atoms with van der Waals surface area (Å²) in [4.78, 5) is 0. The lowest BCUT2D eigenvalue weighted by molar-refractivity contribution is -0.137. The van der Waals surface area contributed by atoms with E-state index in [-0.39, 0.29) is 18.2 Å². The van der Waals surface area contributed by atoms with Crippen molar-refractivity contribution in [3.63, 3.8) is 0 Å². The van der Waals surface area contributed by atoms with Crippen LogP contribution in [0.2, 0.25) is 0 Å². The predicted octanol–water partition coefficient (Wildman–Crippen LogP) is 2.99. The summed E-state index contributed by atoms with van der Waals surface area (Å²) >= 11 is 0. The molecule has 1 N–H and O–H groups in total. The number of nitrogens with one attached hydrogen (secondary N) is 1. The molecule has 1 fully saturated rings. The third-order valence-corrected chi connectivity index (χ3v) is 3.72. The Kier molecular flexibility index (Phi) is 5.24. The van der Waals surface area contributed by atoms with Gasteiger partial charge >= 0.3 is 6.18 Å². The third-order valence-electron chi connectivity index (χ3n) is 3.72. The molecular formula is C15H20F3NO2. The van der Waals surface area contributed by atoms with Crippen molar-refractivity contribution in [2.75, 3.05) is 13.7 Å². The zero-order valence-electron chi connectivity index (χ0n) is 12.1. The summed E-state index contributed by atoms with van der Waals surface area (Å²) in [6, 6.07) is 5.48. The smallest absolute Gasteiger partial charge is 0.377 e. The van der Waals surface area contributed by atoms with Crippen molar-refractivity contribution in [1.29, 1.82) is 0 Å². The molecular weight excluding hydrogens is 283 g/mol. The summed E-state index contributed by atoms with van der Waals surface area (Å²) < 4.78 is 48.8. The van der Waals surface area contributed by atoms with E-state index in [1.165, 1.54) is 12.1 Å². The summed E-state index contributed by atoms with van der Waals surface area (Å²) in [6.07, 6.45) is -3.47. The summed E-state index contributed by atoms with van der Waals surface area (Å²) in [5.41, 5.74) is -0.00886. The van der Waals surface area contributed by atoms with Gasteiger partial charge in [-0.25, -0.2) is 0 Å². The van der Waals surface area contributed by atoms with Gasteiger partial charge in [0.05, 0.1) is 17.8 Å². The Morgan fingerprint density at radius 3 is 2.71 bits per heavy atom. The lowest BCUT2D eigenvalue weighted by Crippen LogP contribution is -2.59. The Bertz CT molecular complexity index is 464. The average Bonchev–Trinajstić information content (AvgIpc) is 2.42. The maximum Gasteiger partial charge on any atom is 0.416 e. The van der Waals surface area contributed by atoms with Crippen molar-refractivity contribution in [1.82, 2.24) is 5.32 Å². The molecule has 0 heterocycles. The highest BCUT2D eigenvalue weighted by Crippen LogP contribution is 2.30. The molecule has 1 aromatic rings. The maximum atomic E-state index is 12.6. The van der Waals surface area contributed by atoms with E-state index in [2.05, 4.69) is 5.32 Å². The summed E-state index contributed by atoms with van der Waals surface area (Å²) in [6.45, 7) is 2.94. The Balaban J connectivity index is 1.89. The summed E-state index contributed by atoms with van der Waals surface area (Å²) in [5.74, 6) is 0. The topological polar surface area (TPSA) is 30.5 Å². The quantitative estimate of drug-likeness (QED) is 0.876. The first-order valence-corrected chi connectivity index (χ1v) is 6.99. The van der Waals surface area contributed by atoms with E-state index in [0.29, 0.717) is 18.7 Å². The minimum atomic E-state index is -4.30. The molecule has 2 rings (SSSR count). The van der Waals surface area contributed by atoms with E-state index in [9.17, 15) is 13.2 Å². The molecule has 6 heteroatoms. The molecule has 21 heavy (non-hydrogen) atoms. The first-order chi connectivity index (χ1) is 9.95. The molecule has 1 aliphatic carbocycles. The van der Waals surface area contributed by atoms with Gasteiger partial charge in [-0.3, -0.25) is 0 Å². The number of ether oxygens (including phenoxy) is 2. The molecule has 0 radical (unpaired) electrons. The Morgan fingerprint density at radius 1 is 1.33 bits per heavy atom. The van der Waals surface area contributed by atoms with Gasteiger partial charge < -0.3 is 14.8 Å². The fraction of sp³-hybridized carbons (Fsp3) is 0.600. The molecule has 1 saturated carbocycles. The second kappa shape index (κ2) is 6.77. The zero-order chi connectivity index (χ0) is 15.5. The molecule has 3 atom stereocenters. The Morgan fingerprint density at radius 2 is 2.10 bits per heavy atom. The SMILES string of the molecule is CCOC1CC(NCc2cccc(C(F)(F)F)c2)C1OC. The number of halogens is 3. The maximum absolute atomic E-state index is 12.6. The highest BCUT2D eigenvalue weighted by molar-refractivity contribution is 5.25. The molecule has 1 aromatic carbocycles. The van der Waals surface area contributed by atoms with Crippen LogP contribution in [0.5, 0.6) is 0 Å². The fourth-order valence-electron chi connectivity index (χ4n) is 2.58. The molecule has 0 saturated heterocycles. The zero-order valence-corrected chi connectivity index (χ0v) is 12.1. The molecule has 0 bridgehead atoms. The van der Waals surface area contributed by atoms with Crippen LogP contribution in [0.4, 0.5) is 13.2 Å². The third kappa shape index (κ3) is 3.96. The second-order valence-electron chi connectivity index (χ2n) is 5.12. The first-order valence-electron chi connectivity index (χ1n) is 6.99. The first kappa shape index (κ1) is 16.3. The van der Waals surface area contributed by atoms with Gasteiger partial charge in [0.15, 0.2) is 0 Å². The van der Waals surface area contributed by atoms with E-state index in [1.807, 2.05) is 6.92 Å². The lowest BCUT2D eigenvalue weighted by Gasteiger charge is -2.43. The summed E-state index contributed by atoms with van der Waals surface area (Å²) in [5, 5.41) is 3.23. The largest absolute Gasteiger partial charge is 0.416 e. The van der Waals surface area contributed by atoms with Crippen molar-refractivity contribution in [2.45, 2.75) is 44.3 Å². The monoisotopic (exact) mass is 303 g/mol. The van der Waals surface area contributed by atoms with Crippen LogP contribution < -0.4 is 5.32 Å². The van der Waals surface area contributed by atoms with Gasteiger partial charge in [0.2, 0.25) is 0 Å². The predicted molar refractivity (Wildman–Crippen MR) is 72.9 cm³/mol. The lowest BCUT2D eigenvalue weighted by atomic mass is 9.85. The number of methoxy groups -OCH3 is 1. The van der Waals surface area contributed by atoms with Crippen LogP contribution in [-0.2, 0) is 22.2 Å². The van der Waals surface area contributed by atoms with Crippen LogP contribution in [0.25, 0.3) is 0 Å². The number of hydrogen-bond acceptors (Lipinski definition) is 3. The Labute approximate surface area is 122 Å². The molecule has 1 aliphatic rings. The van der Waals surface area contributed by atoms with Gasteiger partial charge in [-0.05, 0) is 25.0 Å². The van der Waals surface area contributed by atoms with E-state index >= 15 is 0 Å². The normalized spacial score (nSPS) is 25.7. The standard InChI is InChI=1S/C15H20F3NO2/c1-3-21-13-8-12(14(13)20-2)19-9-10-5-4-6-11(7-10)15(16,17)18/h4-7,12-14,19H,3,8-9H2,1-2H3. The molecule has 0 aromatic heterocycles. The minimum Gasteiger partial charge on any atom is -0.377 e. The summed E-state index contributed by atoms with van der Waals surface area (Å²) in [7, 11) is 1.62. The molecule has 3 nitrogen and oxygen atoms in total. The van der Waals surface area contributed by atoms with Crippen LogP contribution >= 0.6 is 0 Å². The highest BCUT2D eigenvalue weighted by atomic mass is 19.4. The van der Waals surface area contributed by atoms with Crippen molar-refractivity contribution in [3.8, 4) is 0 Å². The van der Waals surface area contributed by atoms with Gasteiger partial charge in [0.25, 0.3) is 0 Å². The van der Waals surface area contributed by atoms with Crippen molar-refractivity contribution in [3.05, 3.63) is 35.4 Å². The van der Waals surface area contributed by atoms with Gasteiger partial charge in [0.1, 0.15) is 0 Å². The average molecular weight is 303 g/mol. The van der Waals surface area contributed by atoms with Gasteiger partial charge in [-0.15, -0.1) is 0 Å². The molecule has 118 valence electrons. The second-order valence-corrected chi connectivity index (χ2v) is 5.12. The molecule has 0 aliphatic heterocycles. The van der Waals surface area contributed by atoms with E-state index in [4.69, 9.17) is 9.47 Å². The van der Waals surface area contributed by atoms with Crippen LogP contribution in [0.1, 0.15) is 24.5 Å². The van der Waals surface area contributed by atoms with Crippen LogP contribution in [0.3, 0.4) is 0 Å². The number of alkyl halides is 3. The van der Waals surface area contributed by atoms with Crippen LogP contribution in [0.15, 0.2) is 24.3 Å².